The Kier molecular flexibility index (Phi) is 6.71. The molecule has 7 nitrogen and oxygen atoms in total. The first kappa shape index (κ1) is 24.7. The smallest absolute Gasteiger partial charge is 0.214 e. The van der Waals surface area contributed by atoms with Crippen LogP contribution in [-0.2, 0) is 6.61 Å². The number of hydrogen-bond acceptors (Lipinski definition) is 7. The Balaban J connectivity index is 1.33. The lowest BCUT2D eigenvalue weighted by Gasteiger charge is -2.38. The number of hydrazone groups is 1. The van der Waals surface area contributed by atoms with Crippen molar-refractivity contribution in [3.8, 4) is 28.7 Å². The van der Waals surface area contributed by atoms with Gasteiger partial charge in [0.2, 0.25) is 6.23 Å². The van der Waals surface area contributed by atoms with Gasteiger partial charge < -0.3 is 23.7 Å². The van der Waals surface area contributed by atoms with Crippen molar-refractivity contribution in [3.05, 3.63) is 113 Å². The molecule has 0 saturated heterocycles. The third kappa shape index (κ3) is 4.72. The first-order chi connectivity index (χ1) is 19.2. The Morgan fingerprint density at radius 2 is 1.49 bits per heavy atom. The van der Waals surface area contributed by atoms with Gasteiger partial charge in [-0.2, -0.15) is 5.10 Å². The van der Waals surface area contributed by atoms with E-state index in [-0.39, 0.29) is 6.04 Å². The van der Waals surface area contributed by atoms with Crippen LogP contribution >= 0.6 is 0 Å². The summed E-state index contributed by atoms with van der Waals surface area (Å²) < 4.78 is 29.3. The molecule has 4 aromatic rings. The van der Waals surface area contributed by atoms with Gasteiger partial charge in [0.1, 0.15) is 12.4 Å². The lowest BCUT2D eigenvalue weighted by Crippen LogP contribution is -2.33. The fraction of sp³-hybridized carbons (Fsp3) is 0.219. The van der Waals surface area contributed by atoms with Crippen LogP contribution in [0, 0.1) is 0 Å². The average Bonchev–Trinajstić information content (AvgIpc) is 3.45. The van der Waals surface area contributed by atoms with Crippen LogP contribution in [0.15, 0.2) is 96.1 Å². The summed E-state index contributed by atoms with van der Waals surface area (Å²) in [5.41, 5.74) is 5.08. The maximum atomic E-state index is 6.54. The highest BCUT2D eigenvalue weighted by Crippen LogP contribution is 2.48. The van der Waals surface area contributed by atoms with Gasteiger partial charge in [-0.1, -0.05) is 48.5 Å². The molecule has 0 aliphatic carbocycles. The number of rotatable bonds is 8. The molecular formula is C32H30N2O5. The van der Waals surface area contributed by atoms with E-state index in [1.165, 1.54) is 0 Å². The Bertz CT molecular complexity index is 1500. The van der Waals surface area contributed by atoms with Crippen molar-refractivity contribution >= 4 is 5.71 Å². The second kappa shape index (κ2) is 10.6. The zero-order chi connectivity index (χ0) is 26.8. The first-order valence-electron chi connectivity index (χ1n) is 12.9. The van der Waals surface area contributed by atoms with E-state index in [0.717, 1.165) is 40.1 Å². The molecule has 2 heterocycles. The predicted octanol–water partition coefficient (Wildman–Crippen LogP) is 6.53. The summed E-state index contributed by atoms with van der Waals surface area (Å²) in [6.45, 7) is 0.455. The molecule has 0 aromatic heterocycles. The highest BCUT2D eigenvalue weighted by atomic mass is 16.5. The second-order valence-electron chi connectivity index (χ2n) is 9.41. The zero-order valence-electron chi connectivity index (χ0n) is 22.2. The van der Waals surface area contributed by atoms with Crippen LogP contribution in [0.5, 0.6) is 28.7 Å². The lowest BCUT2D eigenvalue weighted by molar-refractivity contribution is -0.0191. The first-order valence-corrected chi connectivity index (χ1v) is 12.9. The van der Waals surface area contributed by atoms with Gasteiger partial charge >= 0.3 is 0 Å². The Morgan fingerprint density at radius 1 is 0.769 bits per heavy atom. The van der Waals surface area contributed by atoms with Gasteiger partial charge in [-0.05, 0) is 48.0 Å². The van der Waals surface area contributed by atoms with E-state index in [2.05, 4.69) is 6.07 Å². The van der Waals surface area contributed by atoms with Crippen molar-refractivity contribution < 1.29 is 23.7 Å². The molecule has 0 bridgehead atoms. The quantitative estimate of drug-likeness (QED) is 0.262. The zero-order valence-corrected chi connectivity index (χ0v) is 22.2. The highest BCUT2D eigenvalue weighted by Gasteiger charge is 2.41. The molecular weight excluding hydrogens is 492 g/mol. The summed E-state index contributed by atoms with van der Waals surface area (Å²) in [6, 6.07) is 30.1. The summed E-state index contributed by atoms with van der Waals surface area (Å²) in [4.78, 5) is 0. The van der Waals surface area contributed by atoms with Gasteiger partial charge in [0.05, 0.1) is 33.1 Å². The van der Waals surface area contributed by atoms with Crippen molar-refractivity contribution in [2.45, 2.75) is 25.3 Å². The number of benzene rings is 4. The van der Waals surface area contributed by atoms with Gasteiger partial charge in [0.25, 0.3) is 0 Å². The molecule has 2 aliphatic rings. The van der Waals surface area contributed by atoms with Crippen molar-refractivity contribution in [2.24, 2.45) is 5.10 Å². The number of ether oxygens (including phenoxy) is 5. The molecule has 0 unspecified atom stereocenters. The van der Waals surface area contributed by atoms with Crippen LogP contribution in [0.25, 0.3) is 0 Å². The van der Waals surface area contributed by atoms with E-state index in [0.29, 0.717) is 29.6 Å². The number of para-hydroxylation sites is 1. The predicted molar refractivity (Wildman–Crippen MR) is 149 cm³/mol. The number of hydrogen-bond donors (Lipinski definition) is 0. The van der Waals surface area contributed by atoms with Crippen molar-refractivity contribution in [2.75, 3.05) is 21.3 Å². The molecule has 6 rings (SSSR count). The Morgan fingerprint density at radius 3 is 2.28 bits per heavy atom. The van der Waals surface area contributed by atoms with Crippen LogP contribution < -0.4 is 23.7 Å². The van der Waals surface area contributed by atoms with E-state index in [1.54, 1.807) is 21.3 Å². The maximum absolute atomic E-state index is 6.54. The molecule has 0 saturated carbocycles. The van der Waals surface area contributed by atoms with Gasteiger partial charge in [-0.25, -0.2) is 5.01 Å². The molecule has 0 amide bonds. The average molecular weight is 523 g/mol. The Hall–Kier alpha value is -4.65. The minimum atomic E-state index is -0.431. The minimum Gasteiger partial charge on any atom is -0.493 e. The highest BCUT2D eigenvalue weighted by molar-refractivity contribution is 6.02. The van der Waals surface area contributed by atoms with Gasteiger partial charge in [0.15, 0.2) is 23.0 Å². The molecule has 4 aromatic carbocycles. The molecule has 0 radical (unpaired) electrons. The van der Waals surface area contributed by atoms with E-state index in [1.807, 2.05) is 89.9 Å². The van der Waals surface area contributed by atoms with E-state index < -0.39 is 6.23 Å². The standard InChI is InChI=1S/C32H30N2O5/c1-35-28-15-13-22(17-30(28)36-2)25-19-26-24-11-7-8-12-27(24)39-32(34(26)33-25)23-14-16-29(31(18-23)37-3)38-20-21-9-5-4-6-10-21/h4-18,26,32H,19-20H2,1-3H3/t26-,32+/m1/s1. The van der Waals surface area contributed by atoms with Crippen molar-refractivity contribution in [1.29, 1.82) is 0 Å². The van der Waals surface area contributed by atoms with Crippen LogP contribution in [0.4, 0.5) is 0 Å². The molecule has 2 atom stereocenters. The van der Waals surface area contributed by atoms with Gasteiger partial charge in [-0.15, -0.1) is 0 Å². The molecule has 198 valence electrons. The maximum Gasteiger partial charge on any atom is 0.214 e. The lowest BCUT2D eigenvalue weighted by atomic mass is 9.95. The molecule has 0 N–H and O–H groups in total. The minimum absolute atomic E-state index is 0.0306. The molecule has 0 spiro atoms. The molecule has 2 aliphatic heterocycles. The van der Waals surface area contributed by atoms with Crippen LogP contribution in [0.1, 0.15) is 40.9 Å². The molecule has 39 heavy (non-hydrogen) atoms. The second-order valence-corrected chi connectivity index (χ2v) is 9.41. The van der Waals surface area contributed by atoms with Crippen molar-refractivity contribution in [1.82, 2.24) is 5.01 Å². The van der Waals surface area contributed by atoms with E-state index in [4.69, 9.17) is 28.8 Å². The molecule has 0 fully saturated rings. The van der Waals surface area contributed by atoms with E-state index in [9.17, 15) is 0 Å². The third-order valence-electron chi connectivity index (χ3n) is 7.13. The van der Waals surface area contributed by atoms with Gasteiger partial charge in [0, 0.05) is 23.1 Å². The van der Waals surface area contributed by atoms with Gasteiger partial charge in [-0.3, -0.25) is 0 Å². The van der Waals surface area contributed by atoms with Crippen molar-refractivity contribution in [3.63, 3.8) is 0 Å². The fourth-order valence-corrected chi connectivity index (χ4v) is 5.14. The monoisotopic (exact) mass is 522 g/mol. The summed E-state index contributed by atoms with van der Waals surface area (Å²) in [6.07, 6.45) is 0.307. The molecule has 7 heteroatoms. The summed E-state index contributed by atoms with van der Waals surface area (Å²) >= 11 is 0. The summed E-state index contributed by atoms with van der Waals surface area (Å²) in [7, 11) is 4.93. The number of methoxy groups -OCH3 is 3. The number of nitrogens with zero attached hydrogens (tertiary/aromatic N) is 2. The third-order valence-corrected chi connectivity index (χ3v) is 7.13. The van der Waals surface area contributed by atoms with E-state index >= 15 is 0 Å². The Labute approximate surface area is 228 Å². The van der Waals surface area contributed by atoms with Crippen LogP contribution in [-0.4, -0.2) is 32.0 Å². The van der Waals surface area contributed by atoms with Crippen LogP contribution in [0.3, 0.4) is 0 Å². The SMILES string of the molecule is COc1ccc(C2=NN3[C@H](C2)c2ccccc2O[C@H]3c2ccc(OCc3ccccc3)c(OC)c2)cc1OC. The van der Waals surface area contributed by atoms with Crippen LogP contribution in [0.2, 0.25) is 0 Å². The normalized spacial score (nSPS) is 17.4. The topological polar surface area (TPSA) is 61.8 Å². The number of fused-ring (bicyclic) bond motifs is 3. The fourth-order valence-electron chi connectivity index (χ4n) is 5.14. The summed E-state index contributed by atoms with van der Waals surface area (Å²) in [5.74, 6) is 3.54. The largest absolute Gasteiger partial charge is 0.493 e. The summed E-state index contributed by atoms with van der Waals surface area (Å²) in [5, 5.41) is 7.13.